The van der Waals surface area contributed by atoms with Crippen LogP contribution in [-0.4, -0.2) is 26.9 Å². The van der Waals surface area contributed by atoms with E-state index in [1.165, 1.54) is 10.9 Å². The van der Waals surface area contributed by atoms with Gasteiger partial charge in [0.1, 0.15) is 11.4 Å². The van der Waals surface area contributed by atoms with E-state index in [-0.39, 0.29) is 0 Å². The molecular weight excluding hydrogens is 378 g/mol. The second kappa shape index (κ2) is 7.89. The first-order valence-corrected chi connectivity index (χ1v) is 8.72. The van der Waals surface area contributed by atoms with Gasteiger partial charge in [0.15, 0.2) is 5.76 Å². The van der Waals surface area contributed by atoms with Crippen LogP contribution in [0.1, 0.15) is 16.1 Å². The summed E-state index contributed by atoms with van der Waals surface area (Å²) in [5.74, 6) is 0.146. The van der Waals surface area contributed by atoms with Crippen molar-refractivity contribution in [1.29, 1.82) is 0 Å². The van der Waals surface area contributed by atoms with E-state index >= 15 is 0 Å². The molecule has 3 heterocycles. The zero-order valence-corrected chi connectivity index (χ0v) is 15.2. The molecule has 138 valence electrons. The monoisotopic (exact) mass is 391 g/mol. The predicted octanol–water partition coefficient (Wildman–Crippen LogP) is 3.94. The molecule has 7 nitrogen and oxygen atoms in total. The van der Waals surface area contributed by atoms with E-state index in [0.717, 1.165) is 5.56 Å². The number of aromatic nitrogens is 3. The molecule has 0 spiro atoms. The van der Waals surface area contributed by atoms with Gasteiger partial charge in [0.05, 0.1) is 18.2 Å². The Morgan fingerprint density at radius 1 is 1.14 bits per heavy atom. The van der Waals surface area contributed by atoms with Crippen LogP contribution in [0.2, 0.25) is 5.02 Å². The van der Waals surface area contributed by atoms with Crippen LogP contribution in [0.15, 0.2) is 82.8 Å². The summed E-state index contributed by atoms with van der Waals surface area (Å²) in [7, 11) is 0. The third-order valence-corrected chi connectivity index (χ3v) is 4.12. The first kappa shape index (κ1) is 17.7. The minimum absolute atomic E-state index is 0.306. The fourth-order valence-corrected chi connectivity index (χ4v) is 2.66. The fourth-order valence-electron chi connectivity index (χ4n) is 2.54. The summed E-state index contributed by atoms with van der Waals surface area (Å²) < 4.78 is 6.92. The number of hydrogen-bond acceptors (Lipinski definition) is 5. The molecular formula is C20H14ClN5O2. The molecule has 28 heavy (non-hydrogen) atoms. The number of nitrogens with one attached hydrogen (secondary N) is 1. The Balaban J connectivity index is 1.65. The van der Waals surface area contributed by atoms with Crippen molar-refractivity contribution in [3.05, 3.63) is 89.5 Å². The molecule has 8 heteroatoms. The maximum absolute atomic E-state index is 12.7. The van der Waals surface area contributed by atoms with Crippen LogP contribution >= 0.6 is 11.6 Å². The molecule has 0 aliphatic carbocycles. The highest BCUT2D eigenvalue weighted by atomic mass is 35.5. The summed E-state index contributed by atoms with van der Waals surface area (Å²) in [5.41, 5.74) is 4.86. The van der Waals surface area contributed by atoms with Gasteiger partial charge in [0.25, 0.3) is 5.91 Å². The van der Waals surface area contributed by atoms with Gasteiger partial charge in [-0.3, -0.25) is 9.78 Å². The van der Waals surface area contributed by atoms with Gasteiger partial charge >= 0.3 is 0 Å². The molecule has 1 amide bonds. The number of pyridine rings is 1. The van der Waals surface area contributed by atoms with E-state index in [9.17, 15) is 4.79 Å². The van der Waals surface area contributed by atoms with Crippen LogP contribution in [0, 0.1) is 0 Å². The Morgan fingerprint density at radius 2 is 1.93 bits per heavy atom. The number of rotatable bonds is 5. The number of halogens is 1. The SMILES string of the molecule is O=C(N/N=C\c1ccncc1)c1cc(-c2ccco2)nn1-c1ccc(Cl)cc1. The van der Waals surface area contributed by atoms with Crippen molar-refractivity contribution in [2.24, 2.45) is 5.10 Å². The Kier molecular flexibility index (Phi) is 4.99. The van der Waals surface area contributed by atoms with Crippen molar-refractivity contribution in [3.63, 3.8) is 0 Å². The number of hydrazone groups is 1. The largest absolute Gasteiger partial charge is 0.463 e. The topological polar surface area (TPSA) is 85.3 Å². The Morgan fingerprint density at radius 3 is 2.64 bits per heavy atom. The van der Waals surface area contributed by atoms with Gasteiger partial charge in [-0.25, -0.2) is 10.1 Å². The quantitative estimate of drug-likeness (QED) is 0.412. The average molecular weight is 392 g/mol. The zero-order chi connectivity index (χ0) is 19.3. The molecule has 0 bridgehead atoms. The standard InChI is InChI=1S/C20H14ClN5O2/c21-15-3-5-16(6-4-15)26-18(12-17(25-26)19-2-1-11-28-19)20(27)24-23-13-14-7-9-22-10-8-14/h1-13H,(H,24,27)/b23-13-. The summed E-state index contributed by atoms with van der Waals surface area (Å²) in [6.07, 6.45) is 6.38. The summed E-state index contributed by atoms with van der Waals surface area (Å²) in [6.45, 7) is 0. The highest BCUT2D eigenvalue weighted by Crippen LogP contribution is 2.23. The summed E-state index contributed by atoms with van der Waals surface area (Å²) in [6, 6.07) is 15.8. The number of benzene rings is 1. The Hall–Kier alpha value is -3.71. The van der Waals surface area contributed by atoms with Crippen LogP contribution in [0.4, 0.5) is 0 Å². The molecule has 0 atom stereocenters. The zero-order valence-electron chi connectivity index (χ0n) is 14.5. The minimum atomic E-state index is -0.412. The average Bonchev–Trinajstić information content (AvgIpc) is 3.39. The molecule has 1 N–H and O–H groups in total. The maximum atomic E-state index is 12.7. The van der Waals surface area contributed by atoms with Crippen LogP contribution in [0.5, 0.6) is 0 Å². The molecule has 0 aliphatic rings. The predicted molar refractivity (Wildman–Crippen MR) is 106 cm³/mol. The second-order valence-corrected chi connectivity index (χ2v) is 6.20. The van der Waals surface area contributed by atoms with Crippen molar-refractivity contribution in [2.45, 2.75) is 0 Å². The number of amides is 1. The van der Waals surface area contributed by atoms with Crippen LogP contribution in [0.25, 0.3) is 17.1 Å². The lowest BCUT2D eigenvalue weighted by Crippen LogP contribution is -2.21. The summed E-state index contributed by atoms with van der Waals surface area (Å²) in [5, 5.41) is 9.09. The molecule has 4 rings (SSSR count). The fraction of sp³-hybridized carbons (Fsp3) is 0. The molecule has 0 fully saturated rings. The van der Waals surface area contributed by atoms with E-state index < -0.39 is 5.91 Å². The number of nitrogens with zero attached hydrogens (tertiary/aromatic N) is 4. The first-order chi connectivity index (χ1) is 13.7. The van der Waals surface area contributed by atoms with Crippen molar-refractivity contribution in [2.75, 3.05) is 0 Å². The molecule has 0 unspecified atom stereocenters. The van der Waals surface area contributed by atoms with Gasteiger partial charge < -0.3 is 4.42 Å². The lowest BCUT2D eigenvalue weighted by molar-refractivity contribution is 0.0947. The number of carbonyl (C=O) groups is 1. The van der Waals surface area contributed by atoms with Crippen molar-refractivity contribution >= 4 is 23.7 Å². The Labute approximate surface area is 165 Å². The second-order valence-electron chi connectivity index (χ2n) is 5.76. The summed E-state index contributed by atoms with van der Waals surface area (Å²) in [4.78, 5) is 16.7. The van der Waals surface area contributed by atoms with Crippen LogP contribution in [0.3, 0.4) is 0 Å². The Bertz CT molecular complexity index is 1100. The molecule has 3 aromatic heterocycles. The van der Waals surface area contributed by atoms with E-state index in [0.29, 0.717) is 27.9 Å². The van der Waals surface area contributed by atoms with Gasteiger partial charge in [-0.1, -0.05) is 11.6 Å². The third kappa shape index (κ3) is 3.84. The molecule has 0 aliphatic heterocycles. The number of hydrogen-bond donors (Lipinski definition) is 1. The lowest BCUT2D eigenvalue weighted by Gasteiger charge is -2.06. The van der Waals surface area contributed by atoms with E-state index in [1.807, 2.05) is 0 Å². The number of carbonyl (C=O) groups excluding carboxylic acids is 1. The molecule has 0 saturated carbocycles. The van der Waals surface area contributed by atoms with Crippen LogP contribution < -0.4 is 5.43 Å². The lowest BCUT2D eigenvalue weighted by atomic mass is 10.3. The van der Waals surface area contributed by atoms with Crippen molar-refractivity contribution in [3.8, 4) is 17.1 Å². The highest BCUT2D eigenvalue weighted by Gasteiger charge is 2.18. The smallest absolute Gasteiger partial charge is 0.290 e. The van der Waals surface area contributed by atoms with E-state index in [1.54, 1.807) is 73.3 Å². The number of furan rings is 1. The minimum Gasteiger partial charge on any atom is -0.463 e. The molecule has 4 aromatic rings. The van der Waals surface area contributed by atoms with Gasteiger partial charge in [0, 0.05) is 23.5 Å². The molecule has 0 radical (unpaired) electrons. The molecule has 1 aromatic carbocycles. The van der Waals surface area contributed by atoms with Gasteiger partial charge in [-0.05, 0) is 54.1 Å². The van der Waals surface area contributed by atoms with E-state index in [4.69, 9.17) is 16.0 Å². The third-order valence-electron chi connectivity index (χ3n) is 3.87. The van der Waals surface area contributed by atoms with Crippen LogP contribution in [-0.2, 0) is 0 Å². The van der Waals surface area contributed by atoms with E-state index in [2.05, 4.69) is 20.6 Å². The van der Waals surface area contributed by atoms with Crippen molar-refractivity contribution in [1.82, 2.24) is 20.2 Å². The normalized spacial score (nSPS) is 11.0. The van der Waals surface area contributed by atoms with Crippen molar-refractivity contribution < 1.29 is 9.21 Å². The maximum Gasteiger partial charge on any atom is 0.290 e. The van der Waals surface area contributed by atoms with Gasteiger partial charge in [-0.2, -0.15) is 10.2 Å². The molecule has 0 saturated heterocycles. The summed E-state index contributed by atoms with van der Waals surface area (Å²) >= 11 is 5.97. The first-order valence-electron chi connectivity index (χ1n) is 8.34. The van der Waals surface area contributed by atoms with Gasteiger partial charge in [-0.15, -0.1) is 0 Å². The van der Waals surface area contributed by atoms with Gasteiger partial charge in [0.2, 0.25) is 0 Å². The highest BCUT2D eigenvalue weighted by molar-refractivity contribution is 6.30.